The average Bonchev–Trinajstić information content (AvgIpc) is 2.55. The monoisotopic (exact) mass is 366 g/mol. The summed E-state index contributed by atoms with van der Waals surface area (Å²) in [5.41, 5.74) is 1.66. The lowest BCUT2D eigenvalue weighted by atomic mass is 10.1. The second-order valence-corrected chi connectivity index (χ2v) is 7.02. The normalized spacial score (nSPS) is 16.4. The highest BCUT2D eigenvalue weighted by atomic mass is 35.5. The van der Waals surface area contributed by atoms with Crippen molar-refractivity contribution in [1.29, 1.82) is 0 Å². The standard InChI is InChI=1S/C18H20Cl2N2O2/c19-15-2-4-17(23)13(8-15)10-21-6-1-7-22(12-21)11-14-9-16(20)3-5-18(14)24/h2-5,8-9,23-24H,1,6-7,10-12H2. The third-order valence-electron chi connectivity index (χ3n) is 4.22. The zero-order valence-corrected chi connectivity index (χ0v) is 14.8. The lowest BCUT2D eigenvalue weighted by Gasteiger charge is -2.35. The summed E-state index contributed by atoms with van der Waals surface area (Å²) < 4.78 is 0. The van der Waals surface area contributed by atoms with E-state index in [2.05, 4.69) is 9.80 Å². The number of rotatable bonds is 4. The number of hydrogen-bond donors (Lipinski definition) is 2. The first kappa shape index (κ1) is 17.4. The molecule has 2 N–H and O–H groups in total. The lowest BCUT2D eigenvalue weighted by molar-refractivity contribution is 0.0735. The molecule has 0 radical (unpaired) electrons. The molecule has 0 amide bonds. The summed E-state index contributed by atoms with van der Waals surface area (Å²) in [7, 11) is 0. The van der Waals surface area contributed by atoms with Crippen LogP contribution in [-0.4, -0.2) is 39.8 Å². The highest BCUT2D eigenvalue weighted by Gasteiger charge is 2.19. The molecule has 1 aliphatic rings. The maximum atomic E-state index is 9.99. The molecule has 1 fully saturated rings. The summed E-state index contributed by atoms with van der Waals surface area (Å²) in [6, 6.07) is 10.2. The van der Waals surface area contributed by atoms with Gasteiger partial charge in [-0.05, 0) is 42.8 Å². The number of hydrogen-bond acceptors (Lipinski definition) is 4. The first-order valence-corrected chi connectivity index (χ1v) is 8.66. The number of benzene rings is 2. The van der Waals surface area contributed by atoms with Crippen LogP contribution in [0.4, 0.5) is 0 Å². The van der Waals surface area contributed by atoms with Crippen molar-refractivity contribution in [1.82, 2.24) is 9.80 Å². The molecule has 1 saturated heterocycles. The Bertz CT molecular complexity index is 665. The van der Waals surface area contributed by atoms with Crippen molar-refractivity contribution in [3.05, 3.63) is 57.6 Å². The molecule has 1 heterocycles. The summed E-state index contributed by atoms with van der Waals surface area (Å²) in [6.45, 7) is 3.97. The van der Waals surface area contributed by atoms with Crippen LogP contribution in [-0.2, 0) is 13.1 Å². The van der Waals surface area contributed by atoms with Gasteiger partial charge in [-0.1, -0.05) is 23.2 Å². The number of aromatic hydroxyl groups is 2. The summed E-state index contributed by atoms with van der Waals surface area (Å²) in [4.78, 5) is 4.52. The second-order valence-electron chi connectivity index (χ2n) is 6.15. The fourth-order valence-electron chi connectivity index (χ4n) is 3.04. The molecular weight excluding hydrogens is 347 g/mol. The molecule has 2 aromatic carbocycles. The van der Waals surface area contributed by atoms with Crippen LogP contribution in [0.5, 0.6) is 11.5 Å². The molecular formula is C18H20Cl2N2O2. The lowest BCUT2D eigenvalue weighted by Crippen LogP contribution is -2.43. The van der Waals surface area contributed by atoms with E-state index in [0.717, 1.165) is 37.3 Å². The molecule has 3 rings (SSSR count). The predicted octanol–water partition coefficient (Wildman–Crippen LogP) is 4.07. The van der Waals surface area contributed by atoms with Crippen LogP contribution < -0.4 is 0 Å². The van der Waals surface area contributed by atoms with Gasteiger partial charge in [0.25, 0.3) is 0 Å². The molecule has 128 valence electrons. The molecule has 0 atom stereocenters. The zero-order valence-electron chi connectivity index (χ0n) is 13.3. The van der Waals surface area contributed by atoms with Gasteiger partial charge in [-0.3, -0.25) is 9.80 Å². The first-order chi connectivity index (χ1) is 11.5. The van der Waals surface area contributed by atoms with E-state index in [1.54, 1.807) is 36.4 Å². The molecule has 0 saturated carbocycles. The number of halogens is 2. The number of phenols is 2. The Morgan fingerprint density at radius 3 is 1.71 bits per heavy atom. The summed E-state index contributed by atoms with van der Waals surface area (Å²) >= 11 is 12.0. The van der Waals surface area contributed by atoms with Crippen LogP contribution in [0.1, 0.15) is 17.5 Å². The average molecular weight is 367 g/mol. The van der Waals surface area contributed by atoms with E-state index in [4.69, 9.17) is 23.2 Å². The third-order valence-corrected chi connectivity index (χ3v) is 4.69. The van der Waals surface area contributed by atoms with Gasteiger partial charge in [-0.15, -0.1) is 0 Å². The minimum absolute atomic E-state index is 0.268. The third kappa shape index (κ3) is 4.33. The minimum atomic E-state index is 0.268. The smallest absolute Gasteiger partial charge is 0.120 e. The van der Waals surface area contributed by atoms with Gasteiger partial charge >= 0.3 is 0 Å². The van der Waals surface area contributed by atoms with Crippen LogP contribution in [0, 0.1) is 0 Å². The Morgan fingerprint density at radius 1 is 0.792 bits per heavy atom. The van der Waals surface area contributed by atoms with Crippen molar-refractivity contribution < 1.29 is 10.2 Å². The summed E-state index contributed by atoms with van der Waals surface area (Å²) in [5.74, 6) is 0.535. The quantitative estimate of drug-likeness (QED) is 0.855. The van der Waals surface area contributed by atoms with Gasteiger partial charge in [-0.25, -0.2) is 0 Å². The highest BCUT2D eigenvalue weighted by molar-refractivity contribution is 6.31. The molecule has 0 bridgehead atoms. The topological polar surface area (TPSA) is 46.9 Å². The predicted molar refractivity (Wildman–Crippen MR) is 96.5 cm³/mol. The molecule has 0 unspecified atom stereocenters. The van der Waals surface area contributed by atoms with Crippen LogP contribution in [0.2, 0.25) is 10.0 Å². The van der Waals surface area contributed by atoms with Crippen molar-refractivity contribution in [3.8, 4) is 11.5 Å². The van der Waals surface area contributed by atoms with E-state index in [1.807, 2.05) is 0 Å². The van der Waals surface area contributed by atoms with Gasteiger partial charge in [0.1, 0.15) is 11.5 Å². The molecule has 0 spiro atoms. The highest BCUT2D eigenvalue weighted by Crippen LogP contribution is 2.26. The maximum Gasteiger partial charge on any atom is 0.120 e. The Kier molecular flexibility index (Phi) is 5.51. The van der Waals surface area contributed by atoms with Gasteiger partial charge < -0.3 is 10.2 Å². The first-order valence-electron chi connectivity index (χ1n) is 7.91. The maximum absolute atomic E-state index is 9.99. The molecule has 6 heteroatoms. The van der Waals surface area contributed by atoms with Crippen molar-refractivity contribution in [2.45, 2.75) is 19.5 Å². The SMILES string of the molecule is Oc1ccc(Cl)cc1CN1CCCN(Cc2cc(Cl)ccc2O)C1. The largest absolute Gasteiger partial charge is 0.508 e. The summed E-state index contributed by atoms with van der Waals surface area (Å²) in [5, 5.41) is 21.2. The number of nitrogens with zero attached hydrogens (tertiary/aromatic N) is 2. The van der Waals surface area contributed by atoms with E-state index in [1.165, 1.54) is 0 Å². The van der Waals surface area contributed by atoms with Gasteiger partial charge in [0.2, 0.25) is 0 Å². The zero-order chi connectivity index (χ0) is 17.1. The Hall–Kier alpha value is -1.46. The van der Waals surface area contributed by atoms with E-state index < -0.39 is 0 Å². The molecule has 24 heavy (non-hydrogen) atoms. The fraction of sp³-hybridized carbons (Fsp3) is 0.333. The molecule has 1 aliphatic heterocycles. The van der Waals surface area contributed by atoms with E-state index in [-0.39, 0.29) is 11.5 Å². The van der Waals surface area contributed by atoms with Crippen molar-refractivity contribution in [2.24, 2.45) is 0 Å². The Labute approximate surface area is 151 Å². The van der Waals surface area contributed by atoms with Crippen LogP contribution >= 0.6 is 23.2 Å². The van der Waals surface area contributed by atoms with E-state index in [0.29, 0.717) is 23.1 Å². The van der Waals surface area contributed by atoms with Gasteiger partial charge in [-0.2, -0.15) is 0 Å². The van der Waals surface area contributed by atoms with Gasteiger partial charge in [0.15, 0.2) is 0 Å². The fourth-order valence-corrected chi connectivity index (χ4v) is 3.43. The van der Waals surface area contributed by atoms with Gasteiger partial charge in [0.05, 0.1) is 6.67 Å². The summed E-state index contributed by atoms with van der Waals surface area (Å²) in [6.07, 6.45) is 1.03. The van der Waals surface area contributed by atoms with Crippen LogP contribution in [0.3, 0.4) is 0 Å². The van der Waals surface area contributed by atoms with Crippen LogP contribution in [0.25, 0.3) is 0 Å². The second kappa shape index (κ2) is 7.62. The van der Waals surface area contributed by atoms with Crippen LogP contribution in [0.15, 0.2) is 36.4 Å². The van der Waals surface area contributed by atoms with Crippen molar-refractivity contribution >= 4 is 23.2 Å². The molecule has 0 aromatic heterocycles. The van der Waals surface area contributed by atoms with Crippen molar-refractivity contribution in [2.75, 3.05) is 19.8 Å². The minimum Gasteiger partial charge on any atom is -0.508 e. The van der Waals surface area contributed by atoms with Crippen molar-refractivity contribution in [3.63, 3.8) is 0 Å². The molecule has 4 nitrogen and oxygen atoms in total. The molecule has 2 aromatic rings. The number of phenolic OH excluding ortho intramolecular Hbond substituents is 2. The van der Waals surface area contributed by atoms with Gasteiger partial charge in [0, 0.05) is 47.4 Å². The van der Waals surface area contributed by atoms with E-state index >= 15 is 0 Å². The Morgan fingerprint density at radius 2 is 1.25 bits per heavy atom. The van der Waals surface area contributed by atoms with E-state index in [9.17, 15) is 10.2 Å². The molecule has 0 aliphatic carbocycles. The Balaban J connectivity index is 1.66.